The normalized spacial score (nSPS) is 13.6. The van der Waals surface area contributed by atoms with Gasteiger partial charge in [0.15, 0.2) is 0 Å². The Labute approximate surface area is 110 Å². The fourth-order valence-electron chi connectivity index (χ4n) is 0.941. The zero-order valence-electron chi connectivity index (χ0n) is 10.7. The molecule has 0 bridgehead atoms. The molecule has 0 spiro atoms. The van der Waals surface area contributed by atoms with E-state index in [0.717, 1.165) is 6.07 Å². The third-order valence-corrected chi connectivity index (χ3v) is 2.30. The van der Waals surface area contributed by atoms with Crippen LogP contribution in [0.2, 0.25) is 0 Å². The van der Waals surface area contributed by atoms with E-state index in [2.05, 4.69) is 11.3 Å². The number of nitrogens with zero attached hydrogens (tertiary/aromatic N) is 1. The molecule has 0 saturated heterocycles. The number of alkyl halides is 6. The number of hydrogen-bond donors (Lipinski definition) is 0. The van der Waals surface area contributed by atoms with E-state index in [1.165, 1.54) is 0 Å². The molecule has 0 aliphatic heterocycles. The summed E-state index contributed by atoms with van der Waals surface area (Å²) in [5, 5.41) is 8.16. The molecule has 0 aliphatic carbocycles. The molecule has 0 atom stereocenters. The standard InChI is InChI=1S/C11H11F6NO2/c1-6(5-18)7(19)20-11(16,17)10(14,15)9(12,13)8(2,3)4/h1H2,2-4H3. The van der Waals surface area contributed by atoms with E-state index >= 15 is 0 Å². The fraction of sp³-hybridized carbons (Fsp3) is 0.636. The second-order valence-corrected chi connectivity index (χ2v) is 4.90. The van der Waals surface area contributed by atoms with Crippen molar-refractivity contribution in [3.8, 4) is 6.07 Å². The lowest BCUT2D eigenvalue weighted by Crippen LogP contribution is -2.61. The lowest BCUT2D eigenvalue weighted by molar-refractivity contribution is -0.399. The molecule has 0 aromatic heterocycles. The SMILES string of the molecule is C=C(C#N)C(=O)OC(F)(F)C(F)(F)C(F)(F)C(C)(C)C. The molecule has 0 fully saturated rings. The Bertz CT molecular complexity index is 459. The van der Waals surface area contributed by atoms with Crippen LogP contribution in [-0.2, 0) is 9.53 Å². The van der Waals surface area contributed by atoms with Crippen molar-refractivity contribution in [1.82, 2.24) is 0 Å². The number of esters is 1. The van der Waals surface area contributed by atoms with E-state index in [0.29, 0.717) is 20.8 Å². The average Bonchev–Trinajstić information content (AvgIpc) is 2.25. The molecule has 0 rings (SSSR count). The van der Waals surface area contributed by atoms with Gasteiger partial charge in [0.05, 0.1) is 0 Å². The lowest BCUT2D eigenvalue weighted by Gasteiger charge is -2.38. The molecule has 0 saturated carbocycles. The van der Waals surface area contributed by atoms with Crippen LogP contribution in [-0.4, -0.2) is 23.9 Å². The van der Waals surface area contributed by atoms with Crippen molar-refractivity contribution in [2.24, 2.45) is 5.41 Å². The van der Waals surface area contributed by atoms with Crippen molar-refractivity contribution in [2.75, 3.05) is 0 Å². The first kappa shape index (κ1) is 18.3. The summed E-state index contributed by atoms with van der Waals surface area (Å²) in [5.41, 5.74) is -3.75. The van der Waals surface area contributed by atoms with Gasteiger partial charge >= 0.3 is 23.9 Å². The Hall–Kier alpha value is -1.72. The van der Waals surface area contributed by atoms with E-state index in [4.69, 9.17) is 5.26 Å². The summed E-state index contributed by atoms with van der Waals surface area (Å²) >= 11 is 0. The van der Waals surface area contributed by atoms with Crippen LogP contribution in [0.1, 0.15) is 20.8 Å². The van der Waals surface area contributed by atoms with Gasteiger partial charge in [-0.3, -0.25) is 0 Å². The molecule has 0 N–H and O–H groups in total. The number of hydrogen-bond acceptors (Lipinski definition) is 3. The summed E-state index contributed by atoms with van der Waals surface area (Å²) in [6, 6.07) is 0.973. The van der Waals surface area contributed by atoms with Crippen molar-refractivity contribution in [1.29, 1.82) is 5.26 Å². The molecular formula is C11H11F6NO2. The summed E-state index contributed by atoms with van der Waals surface area (Å²) in [6.45, 7) is 4.50. The lowest BCUT2D eigenvalue weighted by atomic mass is 9.83. The van der Waals surface area contributed by atoms with Gasteiger partial charge in [0, 0.05) is 5.41 Å². The minimum absolute atomic E-state index is 0.618. The molecule has 0 radical (unpaired) electrons. The summed E-state index contributed by atoms with van der Waals surface area (Å²) < 4.78 is 82.8. The summed E-state index contributed by atoms with van der Waals surface area (Å²) in [7, 11) is 0. The van der Waals surface area contributed by atoms with Crippen LogP contribution in [0.5, 0.6) is 0 Å². The minimum Gasteiger partial charge on any atom is -0.392 e. The molecule has 0 unspecified atom stereocenters. The first-order valence-corrected chi connectivity index (χ1v) is 5.07. The van der Waals surface area contributed by atoms with Crippen molar-refractivity contribution >= 4 is 5.97 Å². The number of carbonyl (C=O) groups excluding carboxylic acids is 1. The molecule has 3 nitrogen and oxygen atoms in total. The maximum atomic E-state index is 13.4. The quantitative estimate of drug-likeness (QED) is 0.345. The highest BCUT2D eigenvalue weighted by Crippen LogP contribution is 2.53. The van der Waals surface area contributed by atoms with Crippen molar-refractivity contribution in [3.05, 3.63) is 12.2 Å². The minimum atomic E-state index is -5.97. The highest BCUT2D eigenvalue weighted by Gasteiger charge is 2.77. The topological polar surface area (TPSA) is 50.1 Å². The third kappa shape index (κ3) is 2.89. The van der Waals surface area contributed by atoms with E-state index in [9.17, 15) is 31.1 Å². The molecular weight excluding hydrogens is 292 g/mol. The van der Waals surface area contributed by atoms with Crippen LogP contribution >= 0.6 is 0 Å². The molecule has 20 heavy (non-hydrogen) atoms. The van der Waals surface area contributed by atoms with Gasteiger partial charge in [-0.2, -0.15) is 31.6 Å². The molecule has 114 valence electrons. The van der Waals surface area contributed by atoms with Gasteiger partial charge in [0.25, 0.3) is 0 Å². The van der Waals surface area contributed by atoms with E-state index < -0.39 is 34.9 Å². The predicted octanol–water partition coefficient (Wildman–Crippen LogP) is 3.52. The van der Waals surface area contributed by atoms with E-state index in [1.54, 1.807) is 0 Å². The van der Waals surface area contributed by atoms with E-state index in [-0.39, 0.29) is 0 Å². The molecule has 0 aliphatic rings. The smallest absolute Gasteiger partial charge is 0.392 e. The largest absolute Gasteiger partial charge is 0.473 e. The van der Waals surface area contributed by atoms with Gasteiger partial charge in [-0.05, 0) is 0 Å². The number of ether oxygens (including phenoxy) is 1. The Kier molecular flexibility index (Phi) is 4.57. The van der Waals surface area contributed by atoms with Crippen molar-refractivity contribution in [2.45, 2.75) is 38.7 Å². The summed E-state index contributed by atoms with van der Waals surface area (Å²) in [5.74, 6) is -13.4. The van der Waals surface area contributed by atoms with Crippen LogP contribution in [0.4, 0.5) is 26.3 Å². The van der Waals surface area contributed by atoms with Crippen LogP contribution in [0, 0.1) is 16.7 Å². The molecule has 0 aromatic carbocycles. The monoisotopic (exact) mass is 303 g/mol. The zero-order chi connectivity index (χ0) is 16.6. The van der Waals surface area contributed by atoms with E-state index in [1.807, 2.05) is 0 Å². The van der Waals surface area contributed by atoms with Crippen LogP contribution in [0.15, 0.2) is 12.2 Å². The molecule has 9 heteroatoms. The number of carbonyl (C=O) groups is 1. The maximum Gasteiger partial charge on any atom is 0.473 e. The number of rotatable bonds is 4. The molecule has 0 amide bonds. The number of nitriles is 1. The number of halogens is 6. The summed E-state index contributed by atoms with van der Waals surface area (Å²) in [6.07, 6.45) is -5.80. The highest BCUT2D eigenvalue weighted by atomic mass is 19.3. The second kappa shape index (κ2) is 5.00. The first-order chi connectivity index (χ1) is 8.62. The van der Waals surface area contributed by atoms with Crippen molar-refractivity contribution < 1.29 is 35.9 Å². The van der Waals surface area contributed by atoms with Crippen LogP contribution in [0.25, 0.3) is 0 Å². The van der Waals surface area contributed by atoms with Gasteiger partial charge in [0.1, 0.15) is 11.6 Å². The van der Waals surface area contributed by atoms with Crippen LogP contribution < -0.4 is 0 Å². The predicted molar refractivity (Wildman–Crippen MR) is 55.1 cm³/mol. The second-order valence-electron chi connectivity index (χ2n) is 4.90. The van der Waals surface area contributed by atoms with Gasteiger partial charge in [-0.1, -0.05) is 27.4 Å². The Morgan fingerprint density at radius 2 is 1.45 bits per heavy atom. The fourth-order valence-corrected chi connectivity index (χ4v) is 0.941. The Morgan fingerprint density at radius 3 is 1.75 bits per heavy atom. The molecule has 0 heterocycles. The first-order valence-electron chi connectivity index (χ1n) is 5.07. The highest BCUT2D eigenvalue weighted by molar-refractivity contribution is 5.92. The van der Waals surface area contributed by atoms with Gasteiger partial charge < -0.3 is 4.74 Å². The maximum absolute atomic E-state index is 13.4. The summed E-state index contributed by atoms with van der Waals surface area (Å²) in [4.78, 5) is 10.8. The van der Waals surface area contributed by atoms with Gasteiger partial charge in [-0.15, -0.1) is 0 Å². The van der Waals surface area contributed by atoms with Gasteiger partial charge in [0.2, 0.25) is 0 Å². The average molecular weight is 303 g/mol. The van der Waals surface area contributed by atoms with Crippen molar-refractivity contribution in [3.63, 3.8) is 0 Å². The third-order valence-electron chi connectivity index (χ3n) is 2.30. The van der Waals surface area contributed by atoms with Crippen LogP contribution in [0.3, 0.4) is 0 Å². The Balaban J connectivity index is 5.55. The Morgan fingerprint density at radius 1 is 1.05 bits per heavy atom. The zero-order valence-corrected chi connectivity index (χ0v) is 10.7. The van der Waals surface area contributed by atoms with Gasteiger partial charge in [-0.25, -0.2) is 4.79 Å². The molecule has 0 aromatic rings.